The molecule has 1 aromatic rings. The SMILES string of the molecule is CCC(=O)N(CCc1nccs1)C1CC1. The van der Waals surface area contributed by atoms with Gasteiger partial charge in [-0.15, -0.1) is 11.3 Å². The Hall–Kier alpha value is -0.900. The van der Waals surface area contributed by atoms with Gasteiger partial charge >= 0.3 is 0 Å². The first kappa shape index (κ1) is 10.6. The number of rotatable bonds is 5. The molecule has 0 atom stereocenters. The molecule has 82 valence electrons. The van der Waals surface area contributed by atoms with E-state index < -0.39 is 0 Å². The first-order valence-electron chi connectivity index (χ1n) is 5.49. The minimum Gasteiger partial charge on any atom is -0.339 e. The molecule has 1 aromatic heterocycles. The van der Waals surface area contributed by atoms with Gasteiger partial charge in [0.15, 0.2) is 0 Å². The molecule has 0 aliphatic heterocycles. The molecule has 1 aliphatic rings. The summed E-state index contributed by atoms with van der Waals surface area (Å²) in [5.41, 5.74) is 0. The second kappa shape index (κ2) is 4.75. The molecular weight excluding hydrogens is 208 g/mol. The van der Waals surface area contributed by atoms with Crippen molar-refractivity contribution in [3.05, 3.63) is 16.6 Å². The second-order valence-electron chi connectivity index (χ2n) is 3.85. The molecular formula is C11H16N2OS. The maximum atomic E-state index is 11.7. The van der Waals surface area contributed by atoms with Gasteiger partial charge in [-0.2, -0.15) is 0 Å². The highest BCUT2D eigenvalue weighted by Crippen LogP contribution is 2.27. The van der Waals surface area contributed by atoms with E-state index in [1.165, 1.54) is 12.8 Å². The second-order valence-corrected chi connectivity index (χ2v) is 4.83. The Labute approximate surface area is 94.1 Å². The van der Waals surface area contributed by atoms with Crippen LogP contribution in [0, 0.1) is 0 Å². The van der Waals surface area contributed by atoms with Crippen LogP contribution in [0.3, 0.4) is 0 Å². The lowest BCUT2D eigenvalue weighted by atomic mass is 10.3. The fourth-order valence-electron chi connectivity index (χ4n) is 1.69. The minimum absolute atomic E-state index is 0.286. The van der Waals surface area contributed by atoms with Crippen LogP contribution >= 0.6 is 11.3 Å². The largest absolute Gasteiger partial charge is 0.339 e. The Morgan fingerprint density at radius 1 is 1.67 bits per heavy atom. The summed E-state index contributed by atoms with van der Waals surface area (Å²) in [6.45, 7) is 2.77. The summed E-state index contributed by atoms with van der Waals surface area (Å²) >= 11 is 1.67. The molecule has 1 aliphatic carbocycles. The molecule has 1 saturated carbocycles. The smallest absolute Gasteiger partial charge is 0.222 e. The summed E-state index contributed by atoms with van der Waals surface area (Å²) in [6, 6.07) is 0.525. The van der Waals surface area contributed by atoms with Crippen LogP contribution in [0.5, 0.6) is 0 Å². The van der Waals surface area contributed by atoms with E-state index in [4.69, 9.17) is 0 Å². The molecule has 0 radical (unpaired) electrons. The number of nitrogens with zero attached hydrogens (tertiary/aromatic N) is 2. The molecule has 1 amide bonds. The van der Waals surface area contributed by atoms with Crippen molar-refractivity contribution in [1.82, 2.24) is 9.88 Å². The minimum atomic E-state index is 0.286. The third-order valence-electron chi connectivity index (χ3n) is 2.66. The van der Waals surface area contributed by atoms with Crippen LogP contribution < -0.4 is 0 Å². The van der Waals surface area contributed by atoms with Crippen LogP contribution in [0.4, 0.5) is 0 Å². The van der Waals surface area contributed by atoms with E-state index in [-0.39, 0.29) is 5.91 Å². The Kier molecular flexibility index (Phi) is 3.36. The number of carbonyl (C=O) groups excluding carboxylic acids is 1. The zero-order valence-corrected chi connectivity index (χ0v) is 9.80. The van der Waals surface area contributed by atoms with E-state index in [0.29, 0.717) is 12.5 Å². The first-order valence-corrected chi connectivity index (χ1v) is 6.37. The fraction of sp³-hybridized carbons (Fsp3) is 0.636. The molecule has 3 nitrogen and oxygen atoms in total. The van der Waals surface area contributed by atoms with E-state index in [0.717, 1.165) is 18.0 Å². The fourth-order valence-corrected chi connectivity index (χ4v) is 2.30. The number of carbonyl (C=O) groups is 1. The third kappa shape index (κ3) is 2.78. The van der Waals surface area contributed by atoms with Gasteiger partial charge in [0, 0.05) is 37.0 Å². The van der Waals surface area contributed by atoms with Crippen molar-refractivity contribution in [1.29, 1.82) is 0 Å². The van der Waals surface area contributed by atoms with Crippen molar-refractivity contribution in [2.75, 3.05) is 6.54 Å². The van der Waals surface area contributed by atoms with Crippen molar-refractivity contribution in [3.8, 4) is 0 Å². The monoisotopic (exact) mass is 224 g/mol. The van der Waals surface area contributed by atoms with Gasteiger partial charge in [-0.25, -0.2) is 4.98 Å². The molecule has 0 unspecified atom stereocenters. The molecule has 2 rings (SSSR count). The van der Waals surface area contributed by atoms with Crippen LogP contribution in [0.25, 0.3) is 0 Å². The normalized spacial score (nSPS) is 15.3. The molecule has 4 heteroatoms. The van der Waals surface area contributed by atoms with Gasteiger partial charge in [0.25, 0.3) is 0 Å². The van der Waals surface area contributed by atoms with Gasteiger partial charge in [-0.05, 0) is 12.8 Å². The molecule has 1 heterocycles. The van der Waals surface area contributed by atoms with Gasteiger partial charge in [0.2, 0.25) is 5.91 Å². The van der Waals surface area contributed by atoms with E-state index >= 15 is 0 Å². The highest BCUT2D eigenvalue weighted by Gasteiger charge is 2.31. The zero-order chi connectivity index (χ0) is 10.7. The van der Waals surface area contributed by atoms with E-state index in [1.54, 1.807) is 11.3 Å². The Morgan fingerprint density at radius 2 is 2.47 bits per heavy atom. The Bertz CT molecular complexity index is 319. The summed E-state index contributed by atoms with van der Waals surface area (Å²) in [5, 5.41) is 3.11. The van der Waals surface area contributed by atoms with E-state index in [1.807, 2.05) is 23.4 Å². The number of aromatic nitrogens is 1. The lowest BCUT2D eigenvalue weighted by molar-refractivity contribution is -0.131. The summed E-state index contributed by atoms with van der Waals surface area (Å²) in [7, 11) is 0. The highest BCUT2D eigenvalue weighted by atomic mass is 32.1. The quantitative estimate of drug-likeness (QED) is 0.767. The van der Waals surface area contributed by atoms with Crippen molar-refractivity contribution in [3.63, 3.8) is 0 Å². The molecule has 0 aromatic carbocycles. The van der Waals surface area contributed by atoms with Crippen molar-refractivity contribution >= 4 is 17.2 Å². The van der Waals surface area contributed by atoms with Crippen molar-refractivity contribution in [2.45, 2.75) is 38.6 Å². The van der Waals surface area contributed by atoms with Crippen LogP contribution in [0.2, 0.25) is 0 Å². The number of amides is 1. The van der Waals surface area contributed by atoms with Gasteiger partial charge < -0.3 is 4.90 Å². The van der Waals surface area contributed by atoms with Crippen molar-refractivity contribution in [2.24, 2.45) is 0 Å². The van der Waals surface area contributed by atoms with Gasteiger partial charge in [-0.1, -0.05) is 6.92 Å². The standard InChI is InChI=1S/C11H16N2OS/c1-2-11(14)13(9-3-4-9)7-5-10-12-6-8-15-10/h6,8-9H,2-5,7H2,1H3. The van der Waals surface area contributed by atoms with Crippen LogP contribution in [0.15, 0.2) is 11.6 Å². The lowest BCUT2D eigenvalue weighted by Crippen LogP contribution is -2.34. The summed E-state index contributed by atoms with van der Waals surface area (Å²) < 4.78 is 0. The number of hydrogen-bond acceptors (Lipinski definition) is 3. The summed E-state index contributed by atoms with van der Waals surface area (Å²) in [6.07, 6.45) is 5.71. The molecule has 15 heavy (non-hydrogen) atoms. The number of thiazole rings is 1. The Morgan fingerprint density at radius 3 is 3.00 bits per heavy atom. The molecule has 0 saturated heterocycles. The molecule has 0 spiro atoms. The molecule has 1 fully saturated rings. The van der Waals surface area contributed by atoms with Crippen LogP contribution in [-0.2, 0) is 11.2 Å². The van der Waals surface area contributed by atoms with E-state index in [2.05, 4.69) is 4.98 Å². The van der Waals surface area contributed by atoms with Crippen LogP contribution in [0.1, 0.15) is 31.2 Å². The highest BCUT2D eigenvalue weighted by molar-refractivity contribution is 7.09. The molecule has 0 N–H and O–H groups in total. The first-order chi connectivity index (χ1) is 7.31. The zero-order valence-electron chi connectivity index (χ0n) is 8.98. The Balaban J connectivity index is 1.87. The van der Waals surface area contributed by atoms with Crippen LogP contribution in [-0.4, -0.2) is 28.4 Å². The summed E-state index contributed by atoms with van der Waals surface area (Å²) in [5.74, 6) is 0.286. The van der Waals surface area contributed by atoms with E-state index in [9.17, 15) is 4.79 Å². The van der Waals surface area contributed by atoms with Gasteiger partial charge in [0.1, 0.15) is 0 Å². The topological polar surface area (TPSA) is 33.2 Å². The third-order valence-corrected chi connectivity index (χ3v) is 3.50. The van der Waals surface area contributed by atoms with Gasteiger partial charge in [0.05, 0.1) is 5.01 Å². The molecule has 0 bridgehead atoms. The number of hydrogen-bond donors (Lipinski definition) is 0. The predicted octanol–water partition coefficient (Wildman–Crippen LogP) is 2.09. The predicted molar refractivity (Wildman–Crippen MR) is 60.8 cm³/mol. The average Bonchev–Trinajstić information content (AvgIpc) is 2.95. The van der Waals surface area contributed by atoms with Crippen molar-refractivity contribution < 1.29 is 4.79 Å². The lowest BCUT2D eigenvalue weighted by Gasteiger charge is -2.21. The average molecular weight is 224 g/mol. The van der Waals surface area contributed by atoms with Gasteiger partial charge in [-0.3, -0.25) is 4.79 Å². The maximum Gasteiger partial charge on any atom is 0.222 e. The summed E-state index contributed by atoms with van der Waals surface area (Å²) in [4.78, 5) is 17.9. The maximum absolute atomic E-state index is 11.7.